The van der Waals surface area contributed by atoms with Crippen LogP contribution in [0.3, 0.4) is 0 Å². The van der Waals surface area contributed by atoms with Crippen molar-refractivity contribution in [3.05, 3.63) is 51.5 Å². The molecule has 0 fully saturated rings. The zero-order valence-electron chi connectivity index (χ0n) is 18.8. The van der Waals surface area contributed by atoms with Gasteiger partial charge in [0.2, 0.25) is 5.78 Å². The molecule has 0 aliphatic heterocycles. The maximum atomic E-state index is 13.5. The number of benzene rings is 1. The van der Waals surface area contributed by atoms with E-state index in [0.29, 0.717) is 11.1 Å². The molecule has 0 heterocycles. The van der Waals surface area contributed by atoms with Crippen LogP contribution >= 0.6 is 0 Å². The van der Waals surface area contributed by atoms with E-state index < -0.39 is 52.0 Å². The summed E-state index contributed by atoms with van der Waals surface area (Å²) in [6.45, 7) is 0.198. The van der Waals surface area contributed by atoms with Crippen LogP contribution in [0.15, 0.2) is 34.8 Å². The van der Waals surface area contributed by atoms with Gasteiger partial charge < -0.3 is 31.1 Å². The third-order valence-electron chi connectivity index (χ3n) is 6.92. The summed E-state index contributed by atoms with van der Waals surface area (Å²) >= 11 is 0. The van der Waals surface area contributed by atoms with Crippen molar-refractivity contribution in [2.45, 2.75) is 31.3 Å². The number of carbonyl (C=O) groups is 4. The number of nitrogens with two attached hydrogens (primary N) is 1. The predicted molar refractivity (Wildman–Crippen MR) is 118 cm³/mol. The highest BCUT2D eigenvalue weighted by Crippen LogP contribution is 2.51. The fourth-order valence-corrected chi connectivity index (χ4v) is 5.47. The quantitative estimate of drug-likeness (QED) is 0.377. The standard InChI is InChI=1S/C24H26N2O8/c1-26(2)9-13(27)6-10-3-4-15(28)18-14(10)7-11-5-12-8-16(29)19(23(25)33)22(32)24(12,34)21(31)17(11)20(18)30/h3-4,11-12,28-29,31,34H,5-9H2,1-2H3,(H2,25,33)/t11-,12+,24+/m1/s1. The molecule has 1 amide bonds. The van der Waals surface area contributed by atoms with Crippen molar-refractivity contribution < 1.29 is 39.6 Å². The van der Waals surface area contributed by atoms with Crippen molar-refractivity contribution >= 4 is 23.3 Å². The largest absolute Gasteiger partial charge is 0.511 e. The summed E-state index contributed by atoms with van der Waals surface area (Å²) in [5, 5.41) is 42.9. The number of Topliss-reactive ketones (excluding diaryl/α,β-unsaturated/α-hetero) is 3. The second-order valence-corrected chi connectivity index (χ2v) is 9.46. The van der Waals surface area contributed by atoms with Gasteiger partial charge in [-0.3, -0.25) is 19.2 Å². The first-order chi connectivity index (χ1) is 15.9. The van der Waals surface area contributed by atoms with Crippen LogP contribution in [0.4, 0.5) is 0 Å². The molecule has 10 nitrogen and oxygen atoms in total. The van der Waals surface area contributed by atoms with Gasteiger partial charge in [-0.2, -0.15) is 0 Å². The van der Waals surface area contributed by atoms with E-state index in [-0.39, 0.29) is 54.9 Å². The van der Waals surface area contributed by atoms with E-state index in [0.717, 1.165) is 0 Å². The molecule has 6 N–H and O–H groups in total. The van der Waals surface area contributed by atoms with Gasteiger partial charge in [0.15, 0.2) is 17.2 Å². The van der Waals surface area contributed by atoms with Crippen LogP contribution in [0.25, 0.3) is 0 Å². The predicted octanol–water partition coefficient (Wildman–Crippen LogP) is 0.254. The third kappa shape index (κ3) is 3.41. The number of phenolic OH excluding ortho intramolecular Hbond substituents is 1. The molecular weight excluding hydrogens is 444 g/mol. The summed E-state index contributed by atoms with van der Waals surface area (Å²) in [5.41, 5.74) is 2.52. The summed E-state index contributed by atoms with van der Waals surface area (Å²) in [6, 6.07) is 2.88. The van der Waals surface area contributed by atoms with Gasteiger partial charge in [-0.05, 0) is 50.0 Å². The Balaban J connectivity index is 1.82. The highest BCUT2D eigenvalue weighted by atomic mass is 16.3. The van der Waals surface area contributed by atoms with Crippen LogP contribution in [0.2, 0.25) is 0 Å². The fourth-order valence-electron chi connectivity index (χ4n) is 5.47. The van der Waals surface area contributed by atoms with E-state index in [4.69, 9.17) is 5.73 Å². The molecule has 3 aliphatic rings. The normalized spacial score (nSPS) is 26.4. The fraction of sp³-hybridized carbons (Fsp3) is 0.417. The number of amides is 1. The van der Waals surface area contributed by atoms with Crippen molar-refractivity contribution in [3.63, 3.8) is 0 Å². The number of aliphatic hydroxyl groups is 3. The number of primary amides is 1. The van der Waals surface area contributed by atoms with E-state index in [1.165, 1.54) is 6.07 Å². The number of phenols is 1. The average molecular weight is 470 g/mol. The molecule has 180 valence electrons. The van der Waals surface area contributed by atoms with Gasteiger partial charge in [0.25, 0.3) is 5.91 Å². The van der Waals surface area contributed by atoms with E-state index >= 15 is 0 Å². The van der Waals surface area contributed by atoms with Crippen molar-refractivity contribution in [1.29, 1.82) is 0 Å². The Labute approximate surface area is 195 Å². The van der Waals surface area contributed by atoms with Crippen LogP contribution in [-0.2, 0) is 27.2 Å². The van der Waals surface area contributed by atoms with Crippen molar-refractivity contribution in [1.82, 2.24) is 4.90 Å². The van der Waals surface area contributed by atoms with Crippen molar-refractivity contribution in [3.8, 4) is 5.75 Å². The first-order valence-corrected chi connectivity index (χ1v) is 10.8. The summed E-state index contributed by atoms with van der Waals surface area (Å²) in [6.07, 6.45) is -0.0240. The lowest BCUT2D eigenvalue weighted by Gasteiger charge is -2.45. The number of hydrogen-bond donors (Lipinski definition) is 5. The van der Waals surface area contributed by atoms with Crippen LogP contribution in [0.5, 0.6) is 5.75 Å². The number of likely N-dealkylation sites (N-methyl/N-ethyl adjacent to an activating group) is 1. The minimum absolute atomic E-state index is 0.0448. The monoisotopic (exact) mass is 470 g/mol. The molecule has 0 unspecified atom stereocenters. The van der Waals surface area contributed by atoms with Crippen molar-refractivity contribution in [2.24, 2.45) is 17.6 Å². The zero-order chi connectivity index (χ0) is 25.1. The van der Waals surface area contributed by atoms with Gasteiger partial charge in [-0.15, -0.1) is 0 Å². The minimum atomic E-state index is -2.59. The highest BCUT2D eigenvalue weighted by Gasteiger charge is 2.59. The Kier molecular flexibility index (Phi) is 5.61. The lowest BCUT2D eigenvalue weighted by Crippen LogP contribution is -2.57. The van der Waals surface area contributed by atoms with Gasteiger partial charge in [-0.25, -0.2) is 0 Å². The van der Waals surface area contributed by atoms with Crippen LogP contribution in [0, 0.1) is 11.8 Å². The number of carbonyl (C=O) groups excluding carboxylic acids is 4. The molecule has 1 aromatic rings. The van der Waals surface area contributed by atoms with Crippen LogP contribution in [-0.4, -0.2) is 74.8 Å². The molecule has 3 aliphatic carbocycles. The van der Waals surface area contributed by atoms with Gasteiger partial charge in [0.1, 0.15) is 22.8 Å². The molecule has 0 radical (unpaired) electrons. The first kappa shape index (κ1) is 23.7. The molecule has 34 heavy (non-hydrogen) atoms. The molecule has 0 bridgehead atoms. The third-order valence-corrected chi connectivity index (χ3v) is 6.92. The maximum absolute atomic E-state index is 13.5. The van der Waals surface area contributed by atoms with Crippen molar-refractivity contribution in [2.75, 3.05) is 20.6 Å². The number of allylic oxidation sites excluding steroid dienone is 2. The average Bonchev–Trinajstić information content (AvgIpc) is 2.71. The van der Waals surface area contributed by atoms with E-state index in [1.807, 2.05) is 0 Å². The molecule has 3 atom stereocenters. The van der Waals surface area contributed by atoms with Gasteiger partial charge >= 0.3 is 0 Å². The Morgan fingerprint density at radius 1 is 1.15 bits per heavy atom. The van der Waals surface area contributed by atoms with Gasteiger partial charge in [0.05, 0.1) is 12.1 Å². The number of rotatable bonds is 5. The topological polar surface area (TPSA) is 178 Å². The van der Waals surface area contributed by atoms with E-state index in [2.05, 4.69) is 0 Å². The summed E-state index contributed by atoms with van der Waals surface area (Å²) in [5.74, 6) is -6.80. The van der Waals surface area contributed by atoms with Crippen LogP contribution < -0.4 is 5.73 Å². The Morgan fingerprint density at radius 2 is 1.82 bits per heavy atom. The molecular formula is C24H26N2O8. The second kappa shape index (κ2) is 8.07. The first-order valence-electron chi connectivity index (χ1n) is 10.8. The molecule has 0 spiro atoms. The SMILES string of the molecule is CN(C)CC(=O)Cc1ccc(O)c2c1C[C@H]1C[C@H]3CC(O)=C(C(N)=O)C(=O)[C@@]3(O)C(O)=C1C2=O. The summed E-state index contributed by atoms with van der Waals surface area (Å²) in [7, 11) is 3.52. The maximum Gasteiger partial charge on any atom is 0.255 e. The lowest BCUT2D eigenvalue weighted by atomic mass is 9.60. The van der Waals surface area contributed by atoms with E-state index in [9.17, 15) is 39.6 Å². The summed E-state index contributed by atoms with van der Waals surface area (Å²) < 4.78 is 0. The number of aromatic hydroxyl groups is 1. The number of nitrogens with zero attached hydrogens (tertiary/aromatic N) is 1. The Hall–Kier alpha value is -3.50. The molecule has 1 aromatic carbocycles. The number of ketones is 3. The van der Waals surface area contributed by atoms with Gasteiger partial charge in [0, 0.05) is 24.3 Å². The number of aliphatic hydroxyl groups excluding tert-OH is 2. The molecule has 4 rings (SSSR count). The Bertz CT molecular complexity index is 1210. The number of hydrogen-bond acceptors (Lipinski definition) is 9. The van der Waals surface area contributed by atoms with Crippen LogP contribution in [0.1, 0.15) is 34.3 Å². The Morgan fingerprint density at radius 3 is 2.44 bits per heavy atom. The summed E-state index contributed by atoms with van der Waals surface area (Å²) in [4.78, 5) is 52.2. The van der Waals surface area contributed by atoms with Gasteiger partial charge in [-0.1, -0.05) is 6.07 Å². The molecule has 10 heteroatoms. The molecule has 0 saturated carbocycles. The molecule has 0 aromatic heterocycles. The zero-order valence-corrected chi connectivity index (χ0v) is 18.8. The van der Waals surface area contributed by atoms with E-state index in [1.54, 1.807) is 25.1 Å². The number of fused-ring (bicyclic) bond motifs is 3. The minimum Gasteiger partial charge on any atom is -0.511 e. The molecule has 0 saturated heterocycles. The lowest BCUT2D eigenvalue weighted by molar-refractivity contribution is -0.144. The second-order valence-electron chi connectivity index (χ2n) is 9.46. The highest BCUT2D eigenvalue weighted by molar-refractivity contribution is 6.24. The smallest absolute Gasteiger partial charge is 0.255 e.